The Morgan fingerprint density at radius 1 is 1.20 bits per heavy atom. The number of nitrogens with zero attached hydrogens (tertiary/aromatic N) is 4. The first kappa shape index (κ1) is 16.2. The molecular weight excluding hydrogens is 320 g/mol. The van der Waals surface area contributed by atoms with Crippen LogP contribution in [0.15, 0.2) is 36.7 Å². The number of hydrogen-bond acceptors (Lipinski definition) is 5. The number of aromatic nitrogens is 3. The fraction of sp³-hybridized carbons (Fsp3) is 0.500. The molecule has 2 aliphatic rings. The molecule has 0 aliphatic carbocycles. The van der Waals surface area contributed by atoms with Gasteiger partial charge in [0.25, 0.3) is 5.91 Å². The van der Waals surface area contributed by atoms with E-state index >= 15 is 0 Å². The Labute approximate surface area is 146 Å². The summed E-state index contributed by atoms with van der Waals surface area (Å²) in [6, 6.07) is 7.42. The molecule has 2 aromatic rings. The molecular formula is C18H22N4O3. The van der Waals surface area contributed by atoms with E-state index in [4.69, 9.17) is 9.47 Å². The Kier molecular flexibility index (Phi) is 3.85. The van der Waals surface area contributed by atoms with Gasteiger partial charge in [-0.15, -0.1) is 5.10 Å². The molecule has 4 rings (SSSR count). The van der Waals surface area contributed by atoms with E-state index in [-0.39, 0.29) is 17.1 Å². The minimum absolute atomic E-state index is 0.0211. The van der Waals surface area contributed by atoms with Crippen LogP contribution in [0.5, 0.6) is 0 Å². The molecule has 7 nitrogen and oxygen atoms in total. The monoisotopic (exact) mass is 342 g/mol. The molecule has 2 saturated heterocycles. The molecule has 0 saturated carbocycles. The normalized spacial score (nSPS) is 25.4. The highest BCUT2D eigenvalue weighted by atomic mass is 16.6. The largest absolute Gasteiger partial charge is 0.378 e. The van der Waals surface area contributed by atoms with Gasteiger partial charge in [-0.3, -0.25) is 4.79 Å². The van der Waals surface area contributed by atoms with Crippen molar-refractivity contribution in [1.29, 1.82) is 0 Å². The van der Waals surface area contributed by atoms with Crippen molar-refractivity contribution in [2.24, 2.45) is 0 Å². The molecule has 0 N–H and O–H groups in total. The Morgan fingerprint density at radius 2 is 2.00 bits per heavy atom. The van der Waals surface area contributed by atoms with Crippen molar-refractivity contribution in [3.05, 3.63) is 42.2 Å². The number of carbonyl (C=O) groups excluding carboxylic acids is 1. The van der Waals surface area contributed by atoms with Gasteiger partial charge in [-0.05, 0) is 38.1 Å². The van der Waals surface area contributed by atoms with E-state index in [2.05, 4.69) is 10.3 Å². The molecule has 7 heteroatoms. The predicted octanol–water partition coefficient (Wildman–Crippen LogP) is 1.68. The molecule has 0 bridgehead atoms. The summed E-state index contributed by atoms with van der Waals surface area (Å²) in [5, 5.41) is 7.76. The molecule has 2 fully saturated rings. The number of carbonyl (C=O) groups is 1. The van der Waals surface area contributed by atoms with Crippen molar-refractivity contribution < 1.29 is 14.3 Å². The molecule has 1 atom stereocenters. The highest BCUT2D eigenvalue weighted by molar-refractivity contribution is 5.94. The van der Waals surface area contributed by atoms with Crippen LogP contribution in [0.25, 0.3) is 5.69 Å². The molecule has 1 spiro atoms. The fourth-order valence-corrected chi connectivity index (χ4v) is 3.74. The molecule has 0 radical (unpaired) electrons. The standard InChI is InChI=1S/C18H22N4O3/c1-17(2)11-21(12-18(25-17)7-10-24-13-18)16(23)14-3-5-15(6-4-14)22-9-8-19-20-22/h3-6,8-9H,7,10-13H2,1-2H3. The zero-order chi connectivity index (χ0) is 17.5. The fourth-order valence-electron chi connectivity index (χ4n) is 3.74. The molecule has 1 amide bonds. The van der Waals surface area contributed by atoms with Gasteiger partial charge in [0.05, 0.1) is 36.8 Å². The summed E-state index contributed by atoms with van der Waals surface area (Å²) < 4.78 is 13.5. The first-order chi connectivity index (χ1) is 12.0. The van der Waals surface area contributed by atoms with Gasteiger partial charge in [0.15, 0.2) is 0 Å². The maximum Gasteiger partial charge on any atom is 0.254 e. The second-order valence-electron chi connectivity index (χ2n) is 7.40. The highest BCUT2D eigenvalue weighted by Crippen LogP contribution is 2.35. The lowest BCUT2D eigenvalue weighted by molar-refractivity contribution is -0.186. The van der Waals surface area contributed by atoms with Crippen LogP contribution >= 0.6 is 0 Å². The van der Waals surface area contributed by atoms with E-state index in [9.17, 15) is 4.79 Å². The van der Waals surface area contributed by atoms with Gasteiger partial charge in [0.1, 0.15) is 5.60 Å². The van der Waals surface area contributed by atoms with Gasteiger partial charge in [-0.2, -0.15) is 0 Å². The van der Waals surface area contributed by atoms with E-state index < -0.39 is 0 Å². The zero-order valence-corrected chi connectivity index (χ0v) is 14.5. The van der Waals surface area contributed by atoms with Gasteiger partial charge in [-0.25, -0.2) is 4.68 Å². The van der Waals surface area contributed by atoms with Crippen molar-refractivity contribution >= 4 is 5.91 Å². The lowest BCUT2D eigenvalue weighted by atomic mass is 9.94. The lowest BCUT2D eigenvalue weighted by Gasteiger charge is -2.48. The van der Waals surface area contributed by atoms with Crippen LogP contribution in [0.2, 0.25) is 0 Å². The first-order valence-corrected chi connectivity index (χ1v) is 8.50. The van der Waals surface area contributed by atoms with Crippen LogP contribution in [0.1, 0.15) is 30.6 Å². The van der Waals surface area contributed by atoms with Gasteiger partial charge >= 0.3 is 0 Å². The Morgan fingerprint density at radius 3 is 2.64 bits per heavy atom. The maximum atomic E-state index is 13.0. The number of ether oxygens (including phenoxy) is 2. The topological polar surface area (TPSA) is 69.5 Å². The number of rotatable bonds is 2. The Hall–Kier alpha value is -2.25. The zero-order valence-electron chi connectivity index (χ0n) is 14.5. The maximum absolute atomic E-state index is 13.0. The van der Waals surface area contributed by atoms with Crippen molar-refractivity contribution in [3.63, 3.8) is 0 Å². The van der Waals surface area contributed by atoms with Gasteiger partial charge in [0, 0.05) is 25.1 Å². The predicted molar refractivity (Wildman–Crippen MR) is 90.6 cm³/mol. The second-order valence-corrected chi connectivity index (χ2v) is 7.40. The first-order valence-electron chi connectivity index (χ1n) is 8.50. The summed E-state index contributed by atoms with van der Waals surface area (Å²) in [4.78, 5) is 14.9. The van der Waals surface area contributed by atoms with E-state index in [1.54, 1.807) is 17.1 Å². The van der Waals surface area contributed by atoms with Crippen molar-refractivity contribution in [2.45, 2.75) is 31.5 Å². The summed E-state index contributed by atoms with van der Waals surface area (Å²) in [7, 11) is 0. The molecule has 25 heavy (non-hydrogen) atoms. The molecule has 1 unspecified atom stereocenters. The molecule has 1 aromatic carbocycles. The lowest BCUT2D eigenvalue weighted by Crippen LogP contribution is -2.61. The van der Waals surface area contributed by atoms with Crippen LogP contribution in [0.4, 0.5) is 0 Å². The summed E-state index contributed by atoms with van der Waals surface area (Å²) in [5.41, 5.74) is 0.771. The van der Waals surface area contributed by atoms with Gasteiger partial charge in [0.2, 0.25) is 0 Å². The van der Waals surface area contributed by atoms with Crippen molar-refractivity contribution in [1.82, 2.24) is 19.9 Å². The van der Waals surface area contributed by atoms with Crippen LogP contribution in [0.3, 0.4) is 0 Å². The van der Waals surface area contributed by atoms with E-state index in [0.717, 1.165) is 12.1 Å². The van der Waals surface area contributed by atoms with Gasteiger partial charge < -0.3 is 14.4 Å². The third-order valence-corrected chi connectivity index (χ3v) is 4.70. The average molecular weight is 342 g/mol. The van der Waals surface area contributed by atoms with Crippen LogP contribution in [-0.4, -0.2) is 63.3 Å². The summed E-state index contributed by atoms with van der Waals surface area (Å²) >= 11 is 0. The smallest absolute Gasteiger partial charge is 0.254 e. The highest BCUT2D eigenvalue weighted by Gasteiger charge is 2.48. The second kappa shape index (κ2) is 5.93. The molecule has 2 aliphatic heterocycles. The van der Waals surface area contributed by atoms with Crippen molar-refractivity contribution in [2.75, 3.05) is 26.3 Å². The van der Waals surface area contributed by atoms with Crippen molar-refractivity contribution in [3.8, 4) is 5.69 Å². The van der Waals surface area contributed by atoms with E-state index in [1.807, 2.05) is 43.0 Å². The van der Waals surface area contributed by atoms with Crippen LogP contribution in [0, 0.1) is 0 Å². The molecule has 132 valence electrons. The van der Waals surface area contributed by atoms with Gasteiger partial charge in [-0.1, -0.05) is 5.21 Å². The van der Waals surface area contributed by atoms with E-state index in [1.165, 1.54) is 0 Å². The Bertz CT molecular complexity index is 749. The third-order valence-electron chi connectivity index (χ3n) is 4.70. The summed E-state index contributed by atoms with van der Waals surface area (Å²) in [5.74, 6) is 0.0211. The number of amides is 1. The average Bonchev–Trinajstić information content (AvgIpc) is 3.25. The molecule has 3 heterocycles. The molecule has 1 aromatic heterocycles. The number of hydrogen-bond donors (Lipinski definition) is 0. The minimum Gasteiger partial charge on any atom is -0.378 e. The number of benzene rings is 1. The summed E-state index contributed by atoms with van der Waals surface area (Å²) in [6.07, 6.45) is 4.22. The SMILES string of the molecule is CC1(C)CN(C(=O)c2ccc(-n3ccnn3)cc2)CC2(CCOC2)O1. The number of morpholine rings is 1. The third kappa shape index (κ3) is 3.17. The quantitative estimate of drug-likeness (QED) is 0.830. The van der Waals surface area contributed by atoms with E-state index in [0.29, 0.717) is 31.9 Å². The summed E-state index contributed by atoms with van der Waals surface area (Å²) in [6.45, 7) is 6.43. The van der Waals surface area contributed by atoms with Crippen LogP contribution in [-0.2, 0) is 9.47 Å². The minimum atomic E-state index is -0.387. The Balaban J connectivity index is 1.55. The van der Waals surface area contributed by atoms with Crippen LogP contribution < -0.4 is 0 Å².